The predicted molar refractivity (Wildman–Crippen MR) is 176 cm³/mol. The van der Waals surface area contributed by atoms with Gasteiger partial charge >= 0.3 is 6.09 Å². The van der Waals surface area contributed by atoms with Crippen LogP contribution >= 0.6 is 0 Å². The number of alkyl carbamates (subject to hydrolysis) is 1. The first kappa shape index (κ1) is 36.8. The Bertz CT molecular complexity index is 1520. The Balaban J connectivity index is 1.34. The molecule has 0 unspecified atom stereocenters. The highest BCUT2D eigenvalue weighted by Gasteiger charge is 2.44. The number of fused-ring (bicyclic) bond motifs is 2. The summed E-state index contributed by atoms with van der Waals surface area (Å²) in [5, 5.41) is 26.1. The molecule has 0 bridgehead atoms. The lowest BCUT2D eigenvalue weighted by Crippen LogP contribution is -2.52. The van der Waals surface area contributed by atoms with E-state index < -0.39 is 58.6 Å². The van der Waals surface area contributed by atoms with E-state index in [1.165, 1.54) is 22.5 Å². The zero-order valence-corrected chi connectivity index (χ0v) is 28.7. The van der Waals surface area contributed by atoms with Gasteiger partial charge in [0.2, 0.25) is 22.7 Å². The third-order valence-electron chi connectivity index (χ3n) is 9.03. The molecule has 0 spiro atoms. The van der Waals surface area contributed by atoms with Gasteiger partial charge in [-0.25, -0.2) is 13.2 Å². The van der Waals surface area contributed by atoms with Crippen molar-refractivity contribution in [2.75, 3.05) is 46.2 Å². The van der Waals surface area contributed by atoms with Crippen LogP contribution in [0.3, 0.4) is 0 Å². The molecule has 0 saturated carbocycles. The van der Waals surface area contributed by atoms with E-state index in [0.29, 0.717) is 50.3 Å². The summed E-state index contributed by atoms with van der Waals surface area (Å²) in [6.07, 6.45) is -0.114. The third kappa shape index (κ3) is 9.83. The van der Waals surface area contributed by atoms with Gasteiger partial charge in [0.05, 0.1) is 36.2 Å². The summed E-state index contributed by atoms with van der Waals surface area (Å²) in [4.78, 5) is 24.6. The monoisotopic (exact) mass is 705 g/mol. The predicted octanol–water partition coefficient (Wildman–Crippen LogP) is 2.17. The van der Waals surface area contributed by atoms with Crippen molar-refractivity contribution in [3.05, 3.63) is 54.1 Å². The summed E-state index contributed by atoms with van der Waals surface area (Å²) in [6, 6.07) is 12.8. The Morgan fingerprint density at radius 2 is 1.86 bits per heavy atom. The van der Waals surface area contributed by atoms with Crippen LogP contribution in [0.5, 0.6) is 11.5 Å². The lowest BCUT2D eigenvalue weighted by Gasteiger charge is -2.35. The highest BCUT2D eigenvalue weighted by Crippen LogP contribution is 2.36. The standard InChI is InChI=1S/C34H47N3O11S/c1-34(2,13-6-7-14-35-31(40)19-38)21-37(49(42,43)24-10-11-28-29(17-24)47-22-46-28)18-27(39)26(16-23-8-4-3-5-9-23)36-33(41)48-30-20-45-32-25(30)12-15-44-32/h3-5,8-11,17,25-27,30,32,38-39H,6-7,12-16,18-22H2,1-2H3,(H,35,40)(H,36,41)/t25-,26-,27-,30-,32+/m0/s1. The molecule has 3 heterocycles. The lowest BCUT2D eigenvalue weighted by molar-refractivity contribution is -0.123. The van der Waals surface area contributed by atoms with Crippen LogP contribution in [0.2, 0.25) is 0 Å². The van der Waals surface area contributed by atoms with Crippen molar-refractivity contribution in [3.8, 4) is 11.5 Å². The Hall–Kier alpha value is -3.47. The maximum absolute atomic E-state index is 14.3. The number of unbranched alkanes of at least 4 members (excludes halogenated alkanes) is 1. The molecule has 3 aliphatic rings. The Morgan fingerprint density at radius 3 is 2.63 bits per heavy atom. The van der Waals surface area contributed by atoms with Gasteiger partial charge in [-0.3, -0.25) is 4.79 Å². The van der Waals surface area contributed by atoms with Crippen LogP contribution in [0.25, 0.3) is 0 Å². The topological polar surface area (TPSA) is 182 Å². The fourth-order valence-electron chi connectivity index (χ4n) is 6.36. The van der Waals surface area contributed by atoms with Gasteiger partial charge in [-0.1, -0.05) is 50.6 Å². The summed E-state index contributed by atoms with van der Waals surface area (Å²) in [6.45, 7) is 4.13. The molecule has 3 aliphatic heterocycles. The number of aliphatic hydroxyl groups excluding tert-OH is 2. The lowest BCUT2D eigenvalue weighted by atomic mass is 9.87. The molecular weight excluding hydrogens is 658 g/mol. The van der Waals surface area contributed by atoms with Gasteiger partial charge in [0, 0.05) is 25.7 Å². The van der Waals surface area contributed by atoms with Crippen LogP contribution < -0.4 is 20.1 Å². The van der Waals surface area contributed by atoms with E-state index in [0.717, 1.165) is 5.56 Å². The number of hydrogen-bond donors (Lipinski definition) is 4. The van der Waals surface area contributed by atoms with Gasteiger partial charge in [0.25, 0.3) is 0 Å². The van der Waals surface area contributed by atoms with E-state index in [9.17, 15) is 23.1 Å². The number of aliphatic hydroxyl groups is 2. The van der Waals surface area contributed by atoms with Crippen LogP contribution in [0, 0.1) is 11.3 Å². The number of hydrogen-bond acceptors (Lipinski definition) is 11. The first-order valence-electron chi connectivity index (χ1n) is 16.6. The Morgan fingerprint density at radius 1 is 1.08 bits per heavy atom. The molecule has 270 valence electrons. The van der Waals surface area contributed by atoms with Crippen LogP contribution in [0.4, 0.5) is 4.79 Å². The van der Waals surface area contributed by atoms with Gasteiger partial charge in [-0.2, -0.15) is 4.31 Å². The van der Waals surface area contributed by atoms with E-state index in [2.05, 4.69) is 10.6 Å². The molecular formula is C34H47N3O11S. The smallest absolute Gasteiger partial charge is 0.407 e. The summed E-state index contributed by atoms with van der Waals surface area (Å²) in [5.41, 5.74) is 0.285. The molecule has 2 fully saturated rings. The Kier molecular flexibility index (Phi) is 12.4. The van der Waals surface area contributed by atoms with Gasteiger partial charge in [-0.15, -0.1) is 0 Å². The summed E-state index contributed by atoms with van der Waals surface area (Å²) < 4.78 is 57.5. The van der Waals surface area contributed by atoms with Crippen molar-refractivity contribution in [2.24, 2.45) is 11.3 Å². The highest BCUT2D eigenvalue weighted by atomic mass is 32.2. The van der Waals surface area contributed by atoms with Crippen molar-refractivity contribution in [3.63, 3.8) is 0 Å². The van der Waals surface area contributed by atoms with Crippen LogP contribution in [-0.2, 0) is 35.4 Å². The molecule has 14 nitrogen and oxygen atoms in total. The number of benzene rings is 2. The molecule has 2 aromatic rings. The number of nitrogens with one attached hydrogen (secondary N) is 2. The highest BCUT2D eigenvalue weighted by molar-refractivity contribution is 7.89. The largest absolute Gasteiger partial charge is 0.454 e. The van der Waals surface area contributed by atoms with E-state index in [1.54, 1.807) is 0 Å². The SMILES string of the molecule is CC(C)(CCCCNC(=O)CO)CN(C[C@H](O)[C@H](Cc1ccccc1)NC(=O)O[C@H]1CO[C@H]2OCC[C@H]21)S(=O)(=O)c1ccc2c(c1)OCO2. The molecule has 2 aromatic carbocycles. The summed E-state index contributed by atoms with van der Waals surface area (Å²) in [5.74, 6) is 0.222. The summed E-state index contributed by atoms with van der Waals surface area (Å²) >= 11 is 0. The van der Waals surface area contributed by atoms with Gasteiger partial charge in [0.1, 0.15) is 12.7 Å². The molecule has 5 rings (SSSR count). The van der Waals surface area contributed by atoms with E-state index in [1.807, 2.05) is 44.2 Å². The number of nitrogens with zero attached hydrogens (tertiary/aromatic N) is 1. The molecule has 0 aromatic heterocycles. The van der Waals surface area contributed by atoms with Crippen molar-refractivity contribution in [1.82, 2.24) is 14.9 Å². The van der Waals surface area contributed by atoms with Gasteiger partial charge in [-0.05, 0) is 48.8 Å². The normalized spacial score (nSPS) is 21.3. The molecule has 5 atom stereocenters. The first-order chi connectivity index (χ1) is 23.4. The quantitative estimate of drug-likeness (QED) is 0.177. The maximum atomic E-state index is 14.3. The average molecular weight is 706 g/mol. The minimum absolute atomic E-state index is 0.0165. The zero-order chi connectivity index (χ0) is 35.0. The number of carbonyl (C=O) groups is 2. The van der Waals surface area contributed by atoms with Gasteiger partial charge in [0.15, 0.2) is 17.8 Å². The van der Waals surface area contributed by atoms with Crippen molar-refractivity contribution < 1.29 is 51.9 Å². The molecule has 2 amide bonds. The average Bonchev–Trinajstić information content (AvgIpc) is 3.83. The molecule has 15 heteroatoms. The molecule has 2 saturated heterocycles. The van der Waals surface area contributed by atoms with E-state index in [-0.39, 0.29) is 43.7 Å². The van der Waals surface area contributed by atoms with E-state index in [4.69, 9.17) is 28.8 Å². The van der Waals surface area contributed by atoms with Gasteiger partial charge < -0.3 is 44.5 Å². The zero-order valence-electron chi connectivity index (χ0n) is 27.9. The molecule has 4 N–H and O–H groups in total. The molecule has 49 heavy (non-hydrogen) atoms. The first-order valence-corrected chi connectivity index (χ1v) is 18.1. The second kappa shape index (κ2) is 16.5. The molecule has 0 radical (unpaired) electrons. The third-order valence-corrected chi connectivity index (χ3v) is 10.8. The fourth-order valence-corrected chi connectivity index (χ4v) is 8.02. The van der Waals surface area contributed by atoms with Crippen molar-refractivity contribution in [1.29, 1.82) is 0 Å². The number of rotatable bonds is 17. The second-order valence-electron chi connectivity index (χ2n) is 13.4. The van der Waals surface area contributed by atoms with Crippen LogP contribution in [0.1, 0.15) is 45.1 Å². The maximum Gasteiger partial charge on any atom is 0.407 e. The second-order valence-corrected chi connectivity index (χ2v) is 15.4. The number of ether oxygens (including phenoxy) is 5. The minimum Gasteiger partial charge on any atom is -0.454 e. The van der Waals surface area contributed by atoms with Crippen molar-refractivity contribution >= 4 is 22.0 Å². The van der Waals surface area contributed by atoms with Crippen LogP contribution in [-0.4, -0.2) is 106 Å². The number of amides is 2. The minimum atomic E-state index is -4.19. The Labute approximate surface area is 287 Å². The number of carbonyl (C=O) groups excluding carboxylic acids is 2. The molecule has 0 aliphatic carbocycles. The van der Waals surface area contributed by atoms with Crippen molar-refractivity contribution in [2.45, 2.75) is 75.4 Å². The fraction of sp³-hybridized carbons (Fsp3) is 0.588. The van der Waals surface area contributed by atoms with Crippen LogP contribution in [0.15, 0.2) is 53.4 Å². The van der Waals surface area contributed by atoms with E-state index >= 15 is 0 Å². The number of sulfonamides is 1. The summed E-state index contributed by atoms with van der Waals surface area (Å²) in [7, 11) is -4.19.